The number of hydrogen-bond donors (Lipinski definition) is 1. The molecule has 4 heteroatoms. The monoisotopic (exact) mass is 232 g/mol. The Bertz CT molecular complexity index is 407. The van der Waals surface area contributed by atoms with Gasteiger partial charge in [0.1, 0.15) is 11.8 Å². The number of nitrogens with zero attached hydrogens (tertiary/aromatic N) is 1. The van der Waals surface area contributed by atoms with Crippen molar-refractivity contribution < 1.29 is 9.59 Å². The van der Waals surface area contributed by atoms with Crippen LogP contribution >= 0.6 is 0 Å². The molecule has 17 heavy (non-hydrogen) atoms. The number of primary amides is 1. The third kappa shape index (κ3) is 2.71. The number of ketones is 1. The number of nitrogens with two attached hydrogens (primary N) is 1. The second-order valence-corrected chi connectivity index (χ2v) is 4.29. The van der Waals surface area contributed by atoms with E-state index in [4.69, 9.17) is 5.73 Å². The van der Waals surface area contributed by atoms with Gasteiger partial charge in [-0.2, -0.15) is 0 Å². The molecule has 1 atom stereocenters. The average Bonchev–Trinajstić information content (AvgIpc) is 2.33. The standard InChI is InChI=1S/C13H16N2O2/c14-13(17)12(10-4-2-1-3-5-10)15-8-6-11(16)7-9-15/h1-5,12H,6-9H2,(H2,14,17). The summed E-state index contributed by atoms with van der Waals surface area (Å²) in [5.74, 6) is -0.0944. The molecule has 2 N–H and O–H groups in total. The van der Waals surface area contributed by atoms with Gasteiger partial charge in [0, 0.05) is 25.9 Å². The second-order valence-electron chi connectivity index (χ2n) is 4.29. The third-order valence-corrected chi connectivity index (χ3v) is 3.11. The van der Waals surface area contributed by atoms with Gasteiger partial charge in [0.25, 0.3) is 0 Å². The molecule has 90 valence electrons. The van der Waals surface area contributed by atoms with Crippen molar-refractivity contribution in [1.29, 1.82) is 0 Å². The summed E-state index contributed by atoms with van der Waals surface area (Å²) in [6.07, 6.45) is 1.02. The summed E-state index contributed by atoms with van der Waals surface area (Å²) in [6, 6.07) is 9.06. The lowest BCUT2D eigenvalue weighted by Gasteiger charge is -2.32. The fraction of sp³-hybridized carbons (Fsp3) is 0.385. The van der Waals surface area contributed by atoms with E-state index in [2.05, 4.69) is 0 Å². The fourth-order valence-electron chi connectivity index (χ4n) is 2.22. The van der Waals surface area contributed by atoms with Crippen molar-refractivity contribution in [1.82, 2.24) is 4.90 Å². The summed E-state index contributed by atoms with van der Waals surface area (Å²) in [6.45, 7) is 1.22. The molecule has 1 unspecified atom stereocenters. The molecule has 0 saturated carbocycles. The number of carbonyl (C=O) groups is 2. The molecule has 1 aliphatic rings. The van der Waals surface area contributed by atoms with Crippen LogP contribution in [-0.4, -0.2) is 29.7 Å². The quantitative estimate of drug-likeness (QED) is 0.841. The number of Topliss-reactive ketones (excluding diaryl/α,β-unsaturated/α-hetero) is 1. The molecular formula is C13H16N2O2. The van der Waals surface area contributed by atoms with Crippen LogP contribution in [0.15, 0.2) is 30.3 Å². The lowest BCUT2D eigenvalue weighted by molar-refractivity contribution is -0.128. The largest absolute Gasteiger partial charge is 0.368 e. The van der Waals surface area contributed by atoms with E-state index in [-0.39, 0.29) is 11.7 Å². The van der Waals surface area contributed by atoms with Crippen LogP contribution in [0.25, 0.3) is 0 Å². The summed E-state index contributed by atoms with van der Waals surface area (Å²) in [4.78, 5) is 24.8. The van der Waals surface area contributed by atoms with Crippen LogP contribution < -0.4 is 5.73 Å². The molecule has 1 amide bonds. The Morgan fingerprint density at radius 2 is 1.76 bits per heavy atom. The highest BCUT2D eigenvalue weighted by Crippen LogP contribution is 2.23. The molecule has 1 fully saturated rings. The van der Waals surface area contributed by atoms with Crippen molar-refractivity contribution in [2.75, 3.05) is 13.1 Å². The summed E-state index contributed by atoms with van der Waals surface area (Å²) >= 11 is 0. The van der Waals surface area contributed by atoms with Crippen LogP contribution in [-0.2, 0) is 9.59 Å². The van der Waals surface area contributed by atoms with E-state index in [0.29, 0.717) is 25.9 Å². The van der Waals surface area contributed by atoms with E-state index in [0.717, 1.165) is 5.56 Å². The Morgan fingerprint density at radius 3 is 2.29 bits per heavy atom. The van der Waals surface area contributed by atoms with Gasteiger partial charge in [-0.1, -0.05) is 30.3 Å². The van der Waals surface area contributed by atoms with Crippen LogP contribution in [0.1, 0.15) is 24.4 Å². The summed E-state index contributed by atoms with van der Waals surface area (Å²) in [5, 5.41) is 0. The lowest BCUT2D eigenvalue weighted by Crippen LogP contribution is -2.42. The molecule has 0 radical (unpaired) electrons. The van der Waals surface area contributed by atoms with Gasteiger partial charge in [0.15, 0.2) is 0 Å². The number of likely N-dealkylation sites (tertiary alicyclic amines) is 1. The average molecular weight is 232 g/mol. The van der Waals surface area contributed by atoms with E-state index in [1.165, 1.54) is 0 Å². The van der Waals surface area contributed by atoms with Crippen molar-refractivity contribution in [3.8, 4) is 0 Å². The van der Waals surface area contributed by atoms with Crippen molar-refractivity contribution >= 4 is 11.7 Å². The first kappa shape index (κ1) is 11.8. The first-order chi connectivity index (χ1) is 8.18. The second kappa shape index (κ2) is 5.10. The topological polar surface area (TPSA) is 63.4 Å². The zero-order valence-electron chi connectivity index (χ0n) is 9.63. The molecule has 0 aliphatic carbocycles. The van der Waals surface area contributed by atoms with E-state index in [1.807, 2.05) is 35.2 Å². The minimum atomic E-state index is -0.413. The predicted octanol–water partition coefficient (Wildman–Crippen LogP) is 0.878. The molecule has 1 aromatic rings. The summed E-state index contributed by atoms with van der Waals surface area (Å²) in [7, 11) is 0. The maximum Gasteiger partial charge on any atom is 0.239 e. The van der Waals surface area contributed by atoms with Gasteiger partial charge in [-0.3, -0.25) is 14.5 Å². The zero-order chi connectivity index (χ0) is 12.3. The van der Waals surface area contributed by atoms with E-state index in [9.17, 15) is 9.59 Å². The Balaban J connectivity index is 2.18. The maximum atomic E-state index is 11.6. The van der Waals surface area contributed by atoms with E-state index in [1.54, 1.807) is 0 Å². The van der Waals surface area contributed by atoms with Gasteiger partial charge >= 0.3 is 0 Å². The summed E-state index contributed by atoms with van der Waals surface area (Å²) in [5.41, 5.74) is 6.37. The fourth-order valence-corrected chi connectivity index (χ4v) is 2.22. The van der Waals surface area contributed by atoms with Crippen molar-refractivity contribution in [3.05, 3.63) is 35.9 Å². The molecule has 4 nitrogen and oxygen atoms in total. The van der Waals surface area contributed by atoms with E-state index < -0.39 is 6.04 Å². The van der Waals surface area contributed by atoms with Crippen LogP contribution in [0.4, 0.5) is 0 Å². The van der Waals surface area contributed by atoms with Crippen LogP contribution in [0.3, 0.4) is 0 Å². The highest BCUT2D eigenvalue weighted by Gasteiger charge is 2.28. The van der Waals surface area contributed by atoms with Crippen molar-refractivity contribution in [3.63, 3.8) is 0 Å². The number of carbonyl (C=O) groups excluding carboxylic acids is 2. The molecule has 1 heterocycles. The maximum absolute atomic E-state index is 11.6. The Labute approximate surface area is 100 Å². The molecule has 0 aromatic heterocycles. The van der Waals surface area contributed by atoms with Crippen molar-refractivity contribution in [2.45, 2.75) is 18.9 Å². The van der Waals surface area contributed by atoms with E-state index >= 15 is 0 Å². The first-order valence-corrected chi connectivity index (χ1v) is 5.78. The molecule has 2 rings (SSSR count). The molecule has 1 saturated heterocycles. The van der Waals surface area contributed by atoms with Crippen molar-refractivity contribution in [2.24, 2.45) is 5.73 Å². The third-order valence-electron chi connectivity index (χ3n) is 3.11. The Morgan fingerprint density at radius 1 is 1.18 bits per heavy atom. The minimum Gasteiger partial charge on any atom is -0.368 e. The normalized spacial score (nSPS) is 18.9. The SMILES string of the molecule is NC(=O)C(c1ccccc1)N1CCC(=O)CC1. The summed E-state index contributed by atoms with van der Waals surface area (Å²) < 4.78 is 0. The Kier molecular flexibility index (Phi) is 3.54. The number of hydrogen-bond acceptors (Lipinski definition) is 3. The minimum absolute atomic E-state index is 0.262. The molecule has 0 spiro atoms. The highest BCUT2D eigenvalue weighted by molar-refractivity contribution is 5.83. The highest BCUT2D eigenvalue weighted by atomic mass is 16.1. The molecule has 0 bridgehead atoms. The predicted molar refractivity (Wildman–Crippen MR) is 64.2 cm³/mol. The van der Waals surface area contributed by atoms with Gasteiger partial charge in [0.05, 0.1) is 0 Å². The molecular weight excluding hydrogens is 216 g/mol. The van der Waals surface area contributed by atoms with Crippen LogP contribution in [0.5, 0.6) is 0 Å². The number of amides is 1. The van der Waals surface area contributed by atoms with Gasteiger partial charge in [0.2, 0.25) is 5.91 Å². The number of piperidine rings is 1. The Hall–Kier alpha value is -1.68. The number of benzene rings is 1. The molecule has 1 aliphatic heterocycles. The van der Waals surface area contributed by atoms with Gasteiger partial charge in [-0.05, 0) is 5.56 Å². The van der Waals surface area contributed by atoms with Gasteiger partial charge in [-0.25, -0.2) is 0 Å². The van der Waals surface area contributed by atoms with Crippen LogP contribution in [0, 0.1) is 0 Å². The van der Waals surface area contributed by atoms with Gasteiger partial charge < -0.3 is 5.73 Å². The first-order valence-electron chi connectivity index (χ1n) is 5.78. The number of rotatable bonds is 3. The van der Waals surface area contributed by atoms with Gasteiger partial charge in [-0.15, -0.1) is 0 Å². The smallest absolute Gasteiger partial charge is 0.239 e. The zero-order valence-corrected chi connectivity index (χ0v) is 9.63. The lowest BCUT2D eigenvalue weighted by atomic mass is 10.0. The van der Waals surface area contributed by atoms with Crippen LogP contribution in [0.2, 0.25) is 0 Å². The molecule has 1 aromatic carbocycles.